The van der Waals surface area contributed by atoms with E-state index in [1.807, 2.05) is 30.3 Å². The maximum absolute atomic E-state index is 5.87. The van der Waals surface area contributed by atoms with Gasteiger partial charge in [0.2, 0.25) is 0 Å². The molecule has 106 valence electrons. The zero-order chi connectivity index (χ0) is 14.8. The molecule has 3 rings (SSSR count). The number of ether oxygens (including phenoxy) is 2. The standard InChI is InChI=1S/C17H14BrNO2/c1-20-17-10-15(6-7-16(17)19)21-14-5-3-11-8-13(18)4-2-12(11)9-14/h2-10H,19H2,1H3. The average Bonchev–Trinajstić information content (AvgIpc) is 2.49. The Morgan fingerprint density at radius 1 is 0.857 bits per heavy atom. The van der Waals surface area contributed by atoms with Gasteiger partial charge in [0.05, 0.1) is 12.8 Å². The minimum atomic E-state index is 0.591. The molecule has 3 aromatic rings. The lowest BCUT2D eigenvalue weighted by Gasteiger charge is -2.10. The van der Waals surface area contributed by atoms with Gasteiger partial charge >= 0.3 is 0 Å². The predicted octanol–water partition coefficient (Wildman–Crippen LogP) is 4.99. The molecule has 0 bridgehead atoms. The summed E-state index contributed by atoms with van der Waals surface area (Å²) in [5.41, 5.74) is 6.39. The molecule has 21 heavy (non-hydrogen) atoms. The van der Waals surface area contributed by atoms with Gasteiger partial charge < -0.3 is 15.2 Å². The highest BCUT2D eigenvalue weighted by atomic mass is 79.9. The van der Waals surface area contributed by atoms with E-state index in [4.69, 9.17) is 15.2 Å². The Morgan fingerprint density at radius 3 is 2.33 bits per heavy atom. The molecule has 0 aliphatic rings. The molecule has 0 saturated heterocycles. The van der Waals surface area contributed by atoms with Gasteiger partial charge in [-0.15, -0.1) is 0 Å². The molecule has 0 fully saturated rings. The van der Waals surface area contributed by atoms with Gasteiger partial charge in [0.15, 0.2) is 0 Å². The number of methoxy groups -OCH3 is 1. The maximum Gasteiger partial charge on any atom is 0.145 e. The zero-order valence-corrected chi connectivity index (χ0v) is 13.1. The molecule has 0 spiro atoms. The third kappa shape index (κ3) is 2.95. The molecular formula is C17H14BrNO2. The second kappa shape index (κ2) is 5.66. The largest absolute Gasteiger partial charge is 0.494 e. The number of hydrogen-bond acceptors (Lipinski definition) is 3. The van der Waals surface area contributed by atoms with Crippen molar-refractivity contribution in [3.05, 3.63) is 59.1 Å². The lowest BCUT2D eigenvalue weighted by molar-refractivity contribution is 0.411. The van der Waals surface area contributed by atoms with Crippen molar-refractivity contribution in [2.75, 3.05) is 12.8 Å². The second-order valence-electron chi connectivity index (χ2n) is 4.66. The first-order valence-corrected chi connectivity index (χ1v) is 7.26. The second-order valence-corrected chi connectivity index (χ2v) is 5.57. The first-order valence-electron chi connectivity index (χ1n) is 6.46. The van der Waals surface area contributed by atoms with Crippen molar-refractivity contribution in [3.8, 4) is 17.2 Å². The van der Waals surface area contributed by atoms with Crippen molar-refractivity contribution in [1.29, 1.82) is 0 Å². The van der Waals surface area contributed by atoms with Crippen LogP contribution in [0.2, 0.25) is 0 Å². The van der Waals surface area contributed by atoms with Crippen LogP contribution < -0.4 is 15.2 Å². The van der Waals surface area contributed by atoms with E-state index < -0.39 is 0 Å². The fourth-order valence-corrected chi connectivity index (χ4v) is 2.53. The molecule has 3 aromatic carbocycles. The molecule has 0 aromatic heterocycles. The Morgan fingerprint density at radius 2 is 1.52 bits per heavy atom. The summed E-state index contributed by atoms with van der Waals surface area (Å²) in [5, 5.41) is 2.28. The molecule has 0 aliphatic carbocycles. The molecular weight excluding hydrogens is 330 g/mol. The van der Waals surface area contributed by atoms with Crippen LogP contribution in [0.25, 0.3) is 10.8 Å². The van der Waals surface area contributed by atoms with Crippen LogP contribution in [-0.2, 0) is 0 Å². The molecule has 4 heteroatoms. The van der Waals surface area contributed by atoms with Crippen LogP contribution in [0.3, 0.4) is 0 Å². The van der Waals surface area contributed by atoms with E-state index in [2.05, 4.69) is 28.1 Å². The minimum Gasteiger partial charge on any atom is -0.494 e. The number of nitrogen functional groups attached to an aromatic ring is 1. The predicted molar refractivity (Wildman–Crippen MR) is 89.1 cm³/mol. The van der Waals surface area contributed by atoms with Crippen LogP contribution in [0.15, 0.2) is 59.1 Å². The molecule has 0 unspecified atom stereocenters. The van der Waals surface area contributed by atoms with Crippen molar-refractivity contribution in [2.24, 2.45) is 0 Å². The highest BCUT2D eigenvalue weighted by Gasteiger charge is 2.04. The highest BCUT2D eigenvalue weighted by molar-refractivity contribution is 9.10. The number of nitrogens with two attached hydrogens (primary N) is 1. The maximum atomic E-state index is 5.87. The minimum absolute atomic E-state index is 0.591. The van der Waals surface area contributed by atoms with Crippen LogP contribution >= 0.6 is 15.9 Å². The summed E-state index contributed by atoms with van der Waals surface area (Å²) < 4.78 is 12.1. The van der Waals surface area contributed by atoms with Gasteiger partial charge in [-0.2, -0.15) is 0 Å². The summed E-state index contributed by atoms with van der Waals surface area (Å²) in [4.78, 5) is 0. The van der Waals surface area contributed by atoms with E-state index >= 15 is 0 Å². The van der Waals surface area contributed by atoms with Crippen LogP contribution in [0.4, 0.5) is 5.69 Å². The number of fused-ring (bicyclic) bond motifs is 1. The molecule has 0 atom stereocenters. The van der Waals surface area contributed by atoms with Crippen LogP contribution in [0.5, 0.6) is 17.2 Å². The first-order chi connectivity index (χ1) is 10.2. The quantitative estimate of drug-likeness (QED) is 0.681. The fourth-order valence-electron chi connectivity index (χ4n) is 2.15. The van der Waals surface area contributed by atoms with E-state index in [1.165, 1.54) is 0 Å². The van der Waals surface area contributed by atoms with E-state index in [-0.39, 0.29) is 0 Å². The van der Waals surface area contributed by atoms with Crippen LogP contribution in [-0.4, -0.2) is 7.11 Å². The Bertz CT molecular complexity index is 802. The van der Waals surface area contributed by atoms with Gasteiger partial charge in [-0.05, 0) is 47.2 Å². The van der Waals surface area contributed by atoms with E-state index in [9.17, 15) is 0 Å². The number of anilines is 1. The Labute approximate surface area is 131 Å². The van der Waals surface area contributed by atoms with Crippen molar-refractivity contribution in [2.45, 2.75) is 0 Å². The molecule has 0 saturated carbocycles. The molecule has 0 radical (unpaired) electrons. The lowest BCUT2D eigenvalue weighted by atomic mass is 10.1. The third-order valence-corrected chi connectivity index (χ3v) is 3.71. The smallest absolute Gasteiger partial charge is 0.145 e. The molecule has 0 heterocycles. The van der Waals surface area contributed by atoms with Gasteiger partial charge in [-0.1, -0.05) is 28.1 Å². The topological polar surface area (TPSA) is 44.5 Å². The number of halogens is 1. The van der Waals surface area contributed by atoms with Gasteiger partial charge in [-0.25, -0.2) is 0 Å². The van der Waals surface area contributed by atoms with Crippen molar-refractivity contribution in [3.63, 3.8) is 0 Å². The highest BCUT2D eigenvalue weighted by Crippen LogP contribution is 2.31. The first kappa shape index (κ1) is 13.8. The van der Waals surface area contributed by atoms with Crippen molar-refractivity contribution < 1.29 is 9.47 Å². The van der Waals surface area contributed by atoms with Crippen molar-refractivity contribution >= 4 is 32.4 Å². The van der Waals surface area contributed by atoms with Gasteiger partial charge in [0.25, 0.3) is 0 Å². The van der Waals surface area contributed by atoms with E-state index in [1.54, 1.807) is 19.2 Å². The number of rotatable bonds is 3. The molecule has 0 amide bonds. The van der Waals surface area contributed by atoms with Gasteiger partial charge in [0, 0.05) is 10.5 Å². The number of hydrogen-bond donors (Lipinski definition) is 1. The van der Waals surface area contributed by atoms with E-state index in [0.717, 1.165) is 21.0 Å². The van der Waals surface area contributed by atoms with Crippen LogP contribution in [0, 0.1) is 0 Å². The monoisotopic (exact) mass is 343 g/mol. The molecule has 0 aliphatic heterocycles. The average molecular weight is 344 g/mol. The summed E-state index contributed by atoms with van der Waals surface area (Å²) >= 11 is 3.47. The summed E-state index contributed by atoms with van der Waals surface area (Å²) in [5.74, 6) is 2.08. The SMILES string of the molecule is COc1cc(Oc2ccc3cc(Br)ccc3c2)ccc1N. The lowest BCUT2D eigenvalue weighted by Crippen LogP contribution is -1.93. The van der Waals surface area contributed by atoms with Crippen LogP contribution in [0.1, 0.15) is 0 Å². The Kier molecular flexibility index (Phi) is 3.71. The summed E-state index contributed by atoms with van der Waals surface area (Å²) in [6, 6.07) is 17.5. The normalized spacial score (nSPS) is 10.6. The fraction of sp³-hybridized carbons (Fsp3) is 0.0588. The van der Waals surface area contributed by atoms with Crippen molar-refractivity contribution in [1.82, 2.24) is 0 Å². The Hall–Kier alpha value is -2.20. The molecule has 3 nitrogen and oxygen atoms in total. The summed E-state index contributed by atoms with van der Waals surface area (Å²) in [6.07, 6.45) is 0. The van der Waals surface area contributed by atoms with Gasteiger partial charge in [-0.3, -0.25) is 0 Å². The summed E-state index contributed by atoms with van der Waals surface area (Å²) in [7, 11) is 1.59. The zero-order valence-electron chi connectivity index (χ0n) is 11.5. The number of benzene rings is 3. The molecule has 2 N–H and O–H groups in total. The third-order valence-electron chi connectivity index (χ3n) is 3.21. The summed E-state index contributed by atoms with van der Waals surface area (Å²) in [6.45, 7) is 0. The Balaban J connectivity index is 1.92. The van der Waals surface area contributed by atoms with E-state index in [0.29, 0.717) is 17.2 Å². The van der Waals surface area contributed by atoms with Gasteiger partial charge in [0.1, 0.15) is 17.2 Å².